The second-order valence-corrected chi connectivity index (χ2v) is 2.93. The van der Waals surface area contributed by atoms with Crippen LogP contribution >= 0.6 is 0 Å². The summed E-state index contributed by atoms with van der Waals surface area (Å²) >= 11 is 0. The van der Waals surface area contributed by atoms with Crippen molar-refractivity contribution < 1.29 is 9.53 Å². The minimum atomic E-state index is -0.0674. The average Bonchev–Trinajstić information content (AvgIpc) is 1.98. The monoisotopic (exact) mass is 157 g/mol. The van der Waals surface area contributed by atoms with Crippen LogP contribution in [0.1, 0.15) is 19.8 Å². The molecule has 1 fully saturated rings. The number of nitrogens with one attached hydrogen (secondary N) is 1. The van der Waals surface area contributed by atoms with E-state index in [1.807, 2.05) is 0 Å². The van der Waals surface area contributed by atoms with Gasteiger partial charge in [0.15, 0.2) is 0 Å². The van der Waals surface area contributed by atoms with Gasteiger partial charge >= 0.3 is 5.97 Å². The van der Waals surface area contributed by atoms with E-state index in [2.05, 4.69) is 17.0 Å². The molecule has 2 unspecified atom stereocenters. The number of hydrogen-bond acceptors (Lipinski definition) is 3. The molecule has 3 nitrogen and oxygen atoms in total. The smallest absolute Gasteiger partial charge is 0.311 e. The lowest BCUT2D eigenvalue weighted by Crippen LogP contribution is -2.56. The van der Waals surface area contributed by atoms with Crippen LogP contribution in [0.2, 0.25) is 0 Å². The van der Waals surface area contributed by atoms with Crippen molar-refractivity contribution in [3.8, 4) is 0 Å². The summed E-state index contributed by atoms with van der Waals surface area (Å²) in [5.41, 5.74) is 0. The molecule has 0 aromatic heterocycles. The summed E-state index contributed by atoms with van der Waals surface area (Å²) in [6, 6.07) is 0.368. The van der Waals surface area contributed by atoms with Gasteiger partial charge in [-0.1, -0.05) is 13.3 Å². The summed E-state index contributed by atoms with van der Waals surface area (Å²) in [7, 11) is 1.45. The maximum absolute atomic E-state index is 11.0. The molecule has 1 aliphatic rings. The number of rotatable bonds is 3. The van der Waals surface area contributed by atoms with Gasteiger partial charge in [0, 0.05) is 12.6 Å². The van der Waals surface area contributed by atoms with Gasteiger partial charge in [0.2, 0.25) is 0 Å². The SMILES string of the molecule is CCCC1NCC1C(=O)OC. The fourth-order valence-corrected chi connectivity index (χ4v) is 1.42. The van der Waals surface area contributed by atoms with E-state index < -0.39 is 0 Å². The van der Waals surface area contributed by atoms with E-state index in [9.17, 15) is 4.79 Å². The van der Waals surface area contributed by atoms with Crippen LogP contribution in [0.25, 0.3) is 0 Å². The minimum Gasteiger partial charge on any atom is -0.469 e. The lowest BCUT2D eigenvalue weighted by atomic mass is 9.88. The van der Waals surface area contributed by atoms with Crippen molar-refractivity contribution in [2.75, 3.05) is 13.7 Å². The van der Waals surface area contributed by atoms with Crippen LogP contribution in [0.3, 0.4) is 0 Å². The highest BCUT2D eigenvalue weighted by atomic mass is 16.5. The van der Waals surface area contributed by atoms with Crippen LogP contribution in [0.15, 0.2) is 0 Å². The molecule has 1 saturated heterocycles. The Hall–Kier alpha value is -0.570. The average molecular weight is 157 g/mol. The van der Waals surface area contributed by atoms with Crippen LogP contribution < -0.4 is 5.32 Å². The van der Waals surface area contributed by atoms with Crippen molar-refractivity contribution in [1.82, 2.24) is 5.32 Å². The molecule has 0 radical (unpaired) electrons. The van der Waals surface area contributed by atoms with E-state index in [1.165, 1.54) is 7.11 Å². The zero-order valence-corrected chi connectivity index (χ0v) is 7.09. The fraction of sp³-hybridized carbons (Fsp3) is 0.875. The first-order chi connectivity index (χ1) is 5.29. The standard InChI is InChI=1S/C8H15NO2/c1-3-4-7-6(5-9-7)8(10)11-2/h6-7,9H,3-5H2,1-2H3. The van der Waals surface area contributed by atoms with Gasteiger partial charge in [0.05, 0.1) is 13.0 Å². The number of esters is 1. The Balaban J connectivity index is 2.30. The first kappa shape index (κ1) is 8.53. The largest absolute Gasteiger partial charge is 0.469 e. The van der Waals surface area contributed by atoms with Gasteiger partial charge in [-0.3, -0.25) is 4.79 Å². The van der Waals surface area contributed by atoms with Gasteiger partial charge in [-0.05, 0) is 6.42 Å². The Morgan fingerprint density at radius 3 is 2.82 bits per heavy atom. The Morgan fingerprint density at radius 1 is 1.73 bits per heavy atom. The van der Waals surface area contributed by atoms with Gasteiger partial charge in [0.1, 0.15) is 0 Å². The number of ether oxygens (including phenoxy) is 1. The van der Waals surface area contributed by atoms with Crippen LogP contribution in [-0.2, 0) is 9.53 Å². The predicted octanol–water partition coefficient (Wildman–Crippen LogP) is 0.547. The first-order valence-corrected chi connectivity index (χ1v) is 4.10. The Kier molecular flexibility index (Phi) is 2.88. The normalized spacial score (nSPS) is 29.3. The summed E-state index contributed by atoms with van der Waals surface area (Å²) < 4.78 is 4.65. The molecule has 1 heterocycles. The molecule has 1 aliphatic heterocycles. The molecule has 0 aliphatic carbocycles. The van der Waals surface area contributed by atoms with Crippen LogP contribution in [0, 0.1) is 5.92 Å². The van der Waals surface area contributed by atoms with Gasteiger partial charge in [-0.2, -0.15) is 0 Å². The van der Waals surface area contributed by atoms with E-state index in [0.717, 1.165) is 19.4 Å². The van der Waals surface area contributed by atoms with Crippen molar-refractivity contribution in [1.29, 1.82) is 0 Å². The van der Waals surface area contributed by atoms with Gasteiger partial charge in [-0.15, -0.1) is 0 Å². The van der Waals surface area contributed by atoms with Gasteiger partial charge < -0.3 is 10.1 Å². The minimum absolute atomic E-state index is 0.0674. The van der Waals surface area contributed by atoms with Crippen molar-refractivity contribution in [3.05, 3.63) is 0 Å². The zero-order chi connectivity index (χ0) is 8.27. The third-order valence-electron chi connectivity index (χ3n) is 2.19. The van der Waals surface area contributed by atoms with E-state index in [-0.39, 0.29) is 11.9 Å². The van der Waals surface area contributed by atoms with Crippen molar-refractivity contribution in [2.24, 2.45) is 5.92 Å². The van der Waals surface area contributed by atoms with Crippen molar-refractivity contribution in [3.63, 3.8) is 0 Å². The lowest BCUT2D eigenvalue weighted by Gasteiger charge is -2.35. The summed E-state index contributed by atoms with van der Waals surface area (Å²) in [4.78, 5) is 11.0. The molecule has 64 valence electrons. The van der Waals surface area contributed by atoms with Gasteiger partial charge in [-0.25, -0.2) is 0 Å². The van der Waals surface area contributed by atoms with E-state index in [4.69, 9.17) is 0 Å². The first-order valence-electron chi connectivity index (χ1n) is 4.10. The molecule has 1 N–H and O–H groups in total. The predicted molar refractivity (Wildman–Crippen MR) is 42.2 cm³/mol. The Bertz CT molecular complexity index is 147. The highest BCUT2D eigenvalue weighted by Gasteiger charge is 2.35. The lowest BCUT2D eigenvalue weighted by molar-refractivity contribution is -0.149. The van der Waals surface area contributed by atoms with E-state index in [0.29, 0.717) is 6.04 Å². The van der Waals surface area contributed by atoms with Crippen molar-refractivity contribution >= 4 is 5.97 Å². The maximum Gasteiger partial charge on any atom is 0.311 e. The molecule has 0 amide bonds. The highest BCUT2D eigenvalue weighted by molar-refractivity contribution is 5.74. The Labute approximate surface area is 67.1 Å². The molecule has 2 atom stereocenters. The van der Waals surface area contributed by atoms with Gasteiger partial charge in [0.25, 0.3) is 0 Å². The maximum atomic E-state index is 11.0. The molecule has 0 aromatic rings. The van der Waals surface area contributed by atoms with Crippen LogP contribution in [0.5, 0.6) is 0 Å². The molecule has 0 saturated carbocycles. The molecule has 3 heteroatoms. The third-order valence-corrected chi connectivity index (χ3v) is 2.19. The summed E-state index contributed by atoms with van der Waals surface area (Å²) in [6.07, 6.45) is 2.19. The van der Waals surface area contributed by atoms with E-state index >= 15 is 0 Å². The molecule has 11 heavy (non-hydrogen) atoms. The zero-order valence-electron chi connectivity index (χ0n) is 7.09. The summed E-state index contributed by atoms with van der Waals surface area (Å²) in [5.74, 6) is 0.0437. The van der Waals surface area contributed by atoms with Crippen LogP contribution in [-0.4, -0.2) is 25.7 Å². The molecule has 0 spiro atoms. The number of carbonyl (C=O) groups excluding carboxylic acids is 1. The molecule has 0 bridgehead atoms. The molecular formula is C8H15NO2. The number of carbonyl (C=O) groups is 1. The second-order valence-electron chi connectivity index (χ2n) is 2.93. The topological polar surface area (TPSA) is 38.3 Å². The highest BCUT2D eigenvalue weighted by Crippen LogP contribution is 2.18. The number of hydrogen-bond donors (Lipinski definition) is 1. The van der Waals surface area contributed by atoms with Crippen molar-refractivity contribution in [2.45, 2.75) is 25.8 Å². The quantitative estimate of drug-likeness (QED) is 0.608. The molecule has 0 aromatic carbocycles. The number of methoxy groups -OCH3 is 1. The Morgan fingerprint density at radius 2 is 2.45 bits per heavy atom. The summed E-state index contributed by atoms with van der Waals surface area (Å²) in [5, 5.41) is 3.21. The van der Waals surface area contributed by atoms with E-state index in [1.54, 1.807) is 0 Å². The molecule has 1 rings (SSSR count). The summed E-state index contributed by atoms with van der Waals surface area (Å²) in [6.45, 7) is 2.91. The third kappa shape index (κ3) is 1.71. The fourth-order valence-electron chi connectivity index (χ4n) is 1.42. The second kappa shape index (κ2) is 3.72. The molecular weight excluding hydrogens is 142 g/mol. The van der Waals surface area contributed by atoms with Crippen LogP contribution in [0.4, 0.5) is 0 Å².